The second-order valence-corrected chi connectivity index (χ2v) is 8.84. The van der Waals surface area contributed by atoms with E-state index in [0.717, 1.165) is 12.8 Å². The van der Waals surface area contributed by atoms with Gasteiger partial charge < -0.3 is 18.0 Å². The van der Waals surface area contributed by atoms with E-state index in [1.165, 1.54) is 0 Å². The van der Waals surface area contributed by atoms with Crippen molar-refractivity contribution >= 4 is 14.8 Å². The van der Waals surface area contributed by atoms with Gasteiger partial charge in [0.25, 0.3) is 0 Å². The Morgan fingerprint density at radius 1 is 1.04 bits per heavy atom. The molecule has 0 amide bonds. The summed E-state index contributed by atoms with van der Waals surface area (Å²) in [7, 11) is -3.02. The molecule has 0 aromatic rings. The molecule has 6 heteroatoms. The predicted octanol–water partition coefficient (Wildman–Crippen LogP) is 3.11. The molecule has 0 heterocycles. The van der Waals surface area contributed by atoms with E-state index >= 15 is 0 Å². The number of allylic oxidation sites excluding steroid dienone is 2. The molecule has 0 saturated heterocycles. The molecule has 2 aliphatic carbocycles. The highest BCUT2D eigenvalue weighted by Gasteiger charge is 2.52. The van der Waals surface area contributed by atoms with Gasteiger partial charge in [0.15, 0.2) is 5.73 Å². The van der Waals surface area contributed by atoms with E-state index in [2.05, 4.69) is 12.2 Å². The normalized spacial score (nSPS) is 27.4. The first-order chi connectivity index (χ1) is 11.1. The summed E-state index contributed by atoms with van der Waals surface area (Å²) in [5.74, 6) is 0.748. The maximum Gasteiger partial charge on any atom is 0.544 e. The largest absolute Gasteiger partial charge is 0.544 e. The van der Waals surface area contributed by atoms with E-state index < -0.39 is 14.5 Å². The second-order valence-electron chi connectivity index (χ2n) is 6.12. The minimum atomic E-state index is -3.02. The molecule has 132 valence electrons. The van der Waals surface area contributed by atoms with Crippen LogP contribution in [0.25, 0.3) is 0 Å². The number of hydrogen-bond donors (Lipinski definition) is 0. The van der Waals surface area contributed by atoms with Gasteiger partial charge in [0.1, 0.15) is 0 Å². The third-order valence-electron chi connectivity index (χ3n) is 4.64. The number of fused-ring (bicyclic) bond motifs is 2. The summed E-state index contributed by atoms with van der Waals surface area (Å²) >= 11 is 0. The Morgan fingerprint density at radius 3 is 2.04 bits per heavy atom. The fourth-order valence-electron chi connectivity index (χ4n) is 3.69. The average molecular weight is 343 g/mol. The van der Waals surface area contributed by atoms with E-state index in [4.69, 9.17) is 18.0 Å². The van der Waals surface area contributed by atoms with Crippen LogP contribution in [0.15, 0.2) is 12.2 Å². The van der Waals surface area contributed by atoms with Crippen LogP contribution in [-0.2, 0) is 22.8 Å². The van der Waals surface area contributed by atoms with Gasteiger partial charge in [-0.05, 0) is 51.9 Å². The SMILES string of the molecule is CCO[Si](OCC)(OCC)C(CC)OC(=O)C1CC2C=CC1C2. The van der Waals surface area contributed by atoms with Gasteiger partial charge in [-0.15, -0.1) is 0 Å². The summed E-state index contributed by atoms with van der Waals surface area (Å²) in [4.78, 5) is 12.7. The molecule has 2 rings (SSSR count). The highest BCUT2D eigenvalue weighted by atomic mass is 28.4. The van der Waals surface area contributed by atoms with Gasteiger partial charge in [-0.2, -0.15) is 0 Å². The topological polar surface area (TPSA) is 54.0 Å². The van der Waals surface area contributed by atoms with Crippen LogP contribution in [0, 0.1) is 17.8 Å². The molecular formula is C17H30O5Si. The van der Waals surface area contributed by atoms with Crippen LogP contribution in [0.2, 0.25) is 0 Å². The number of ether oxygens (including phenoxy) is 1. The van der Waals surface area contributed by atoms with Gasteiger partial charge in [-0.3, -0.25) is 4.79 Å². The molecule has 0 aromatic heterocycles. The zero-order valence-electron chi connectivity index (χ0n) is 14.7. The van der Waals surface area contributed by atoms with Crippen molar-refractivity contribution in [3.63, 3.8) is 0 Å². The molecule has 0 radical (unpaired) electrons. The number of esters is 1. The molecule has 4 atom stereocenters. The average Bonchev–Trinajstić information content (AvgIpc) is 3.16. The molecule has 1 saturated carbocycles. The standard InChI is InChI=1S/C17H30O5Si/c1-5-16(23(19-6-2,20-7-3)21-8-4)22-17(18)15-12-13-9-10-14(15)11-13/h9-10,13-16H,5-8,11-12H2,1-4H3. The molecule has 0 N–H and O–H groups in total. The number of rotatable bonds is 10. The third-order valence-corrected chi connectivity index (χ3v) is 8.03. The van der Waals surface area contributed by atoms with Crippen molar-refractivity contribution in [1.82, 2.24) is 0 Å². The van der Waals surface area contributed by atoms with Crippen molar-refractivity contribution < 1.29 is 22.8 Å². The van der Waals surface area contributed by atoms with Crippen LogP contribution in [0.3, 0.4) is 0 Å². The van der Waals surface area contributed by atoms with E-state index in [-0.39, 0.29) is 11.9 Å². The number of carbonyl (C=O) groups is 1. The van der Waals surface area contributed by atoms with E-state index in [1.54, 1.807) is 0 Å². The van der Waals surface area contributed by atoms with E-state index in [0.29, 0.717) is 38.1 Å². The molecule has 23 heavy (non-hydrogen) atoms. The first kappa shape index (κ1) is 18.6. The summed E-state index contributed by atoms with van der Waals surface area (Å²) in [6.45, 7) is 9.17. The minimum absolute atomic E-state index is 0.0179. The Kier molecular flexibility index (Phi) is 6.82. The molecule has 2 aliphatic rings. The Morgan fingerprint density at radius 2 is 1.65 bits per heavy atom. The van der Waals surface area contributed by atoms with E-state index in [9.17, 15) is 4.79 Å². The highest BCUT2D eigenvalue weighted by molar-refractivity contribution is 6.62. The Balaban J connectivity index is 2.08. The van der Waals surface area contributed by atoms with Crippen molar-refractivity contribution in [2.75, 3.05) is 19.8 Å². The van der Waals surface area contributed by atoms with E-state index in [1.807, 2.05) is 27.7 Å². The molecule has 2 bridgehead atoms. The Bertz CT molecular complexity index is 408. The molecule has 4 unspecified atom stereocenters. The van der Waals surface area contributed by atoms with Gasteiger partial charge in [-0.1, -0.05) is 19.1 Å². The minimum Gasteiger partial charge on any atom is -0.458 e. The summed E-state index contributed by atoms with van der Waals surface area (Å²) in [5, 5.41) is 0. The molecule has 1 fully saturated rings. The van der Waals surface area contributed by atoms with Crippen LogP contribution in [0.4, 0.5) is 0 Å². The van der Waals surface area contributed by atoms with Gasteiger partial charge in [0.05, 0.1) is 5.92 Å². The van der Waals surface area contributed by atoms with Gasteiger partial charge in [0.2, 0.25) is 0 Å². The van der Waals surface area contributed by atoms with Crippen molar-refractivity contribution in [2.45, 2.75) is 52.7 Å². The fraction of sp³-hybridized carbons (Fsp3) is 0.824. The summed E-state index contributed by atoms with van der Waals surface area (Å²) in [6, 6.07) is 0. The first-order valence-electron chi connectivity index (χ1n) is 8.90. The van der Waals surface area contributed by atoms with Crippen molar-refractivity contribution in [3.8, 4) is 0 Å². The van der Waals surface area contributed by atoms with Crippen LogP contribution in [0.5, 0.6) is 0 Å². The maximum absolute atomic E-state index is 12.7. The van der Waals surface area contributed by atoms with Crippen LogP contribution in [-0.4, -0.2) is 40.3 Å². The number of hydrogen-bond acceptors (Lipinski definition) is 5. The lowest BCUT2D eigenvalue weighted by Gasteiger charge is -2.34. The lowest BCUT2D eigenvalue weighted by atomic mass is 9.94. The lowest BCUT2D eigenvalue weighted by Crippen LogP contribution is -2.58. The maximum atomic E-state index is 12.7. The van der Waals surface area contributed by atoms with Crippen molar-refractivity contribution in [1.29, 1.82) is 0 Å². The molecular weight excluding hydrogens is 312 g/mol. The van der Waals surface area contributed by atoms with Crippen molar-refractivity contribution in [2.24, 2.45) is 17.8 Å². The smallest absolute Gasteiger partial charge is 0.458 e. The zero-order chi connectivity index (χ0) is 16.9. The van der Waals surface area contributed by atoms with Crippen LogP contribution < -0.4 is 0 Å². The zero-order valence-corrected chi connectivity index (χ0v) is 15.7. The monoisotopic (exact) mass is 342 g/mol. The van der Waals surface area contributed by atoms with Crippen LogP contribution >= 0.6 is 0 Å². The van der Waals surface area contributed by atoms with Gasteiger partial charge >= 0.3 is 14.8 Å². The fourth-order valence-corrected chi connectivity index (χ4v) is 6.47. The Labute approximate surface area is 140 Å². The predicted molar refractivity (Wildman–Crippen MR) is 89.6 cm³/mol. The number of carbonyl (C=O) groups excluding carboxylic acids is 1. The first-order valence-corrected chi connectivity index (χ1v) is 10.7. The van der Waals surface area contributed by atoms with Crippen LogP contribution in [0.1, 0.15) is 47.0 Å². The molecule has 0 spiro atoms. The van der Waals surface area contributed by atoms with Crippen molar-refractivity contribution in [3.05, 3.63) is 12.2 Å². The molecule has 5 nitrogen and oxygen atoms in total. The Hall–Kier alpha value is -0.693. The summed E-state index contributed by atoms with van der Waals surface area (Å²) in [5.41, 5.74) is -0.432. The highest BCUT2D eigenvalue weighted by Crippen LogP contribution is 2.44. The summed E-state index contributed by atoms with van der Waals surface area (Å²) < 4.78 is 23.5. The van der Waals surface area contributed by atoms with Gasteiger partial charge in [-0.25, -0.2) is 0 Å². The molecule has 0 aromatic carbocycles. The quantitative estimate of drug-likeness (QED) is 0.347. The summed E-state index contributed by atoms with van der Waals surface area (Å²) in [6.07, 6.45) is 7.02. The third kappa shape index (κ3) is 4.05. The van der Waals surface area contributed by atoms with Gasteiger partial charge in [0, 0.05) is 19.8 Å². The lowest BCUT2D eigenvalue weighted by molar-refractivity contribution is -0.155. The second kappa shape index (κ2) is 8.42. The molecule has 0 aliphatic heterocycles.